The Morgan fingerprint density at radius 2 is 1.83 bits per heavy atom. The van der Waals surface area contributed by atoms with Crippen molar-refractivity contribution >= 4 is 55.6 Å². The Bertz CT molecular complexity index is 748. The van der Waals surface area contributed by atoms with E-state index in [9.17, 15) is 9.59 Å². The van der Waals surface area contributed by atoms with Gasteiger partial charge in [-0.05, 0) is 45.8 Å². The number of halogens is 2. The van der Waals surface area contributed by atoms with Crippen LogP contribution in [0.25, 0.3) is 0 Å². The summed E-state index contributed by atoms with van der Waals surface area (Å²) >= 11 is 6.67. The van der Waals surface area contributed by atoms with Crippen molar-refractivity contribution in [2.75, 3.05) is 5.32 Å². The third-order valence-electron chi connectivity index (χ3n) is 2.72. The lowest BCUT2D eigenvalue weighted by Gasteiger charge is -2.06. The van der Waals surface area contributed by atoms with Crippen LogP contribution in [-0.4, -0.2) is 18.0 Å². The third-order valence-corrected chi connectivity index (χ3v) is 3.91. The van der Waals surface area contributed by atoms with Crippen LogP contribution in [0.5, 0.6) is 0 Å². The molecule has 7 heteroatoms. The van der Waals surface area contributed by atoms with Crippen molar-refractivity contribution in [3.8, 4) is 0 Å². The first-order valence-electron chi connectivity index (χ1n) is 6.66. The number of nitrogens with one attached hydrogen (secondary N) is 2. The number of hydrogen-bond donors (Lipinski definition) is 2. The van der Waals surface area contributed by atoms with Gasteiger partial charge in [-0.25, -0.2) is 5.43 Å². The minimum atomic E-state index is -0.485. The van der Waals surface area contributed by atoms with Gasteiger partial charge in [0.1, 0.15) is 6.42 Å². The van der Waals surface area contributed by atoms with E-state index < -0.39 is 11.8 Å². The minimum absolute atomic E-state index is 0.308. The van der Waals surface area contributed by atoms with Gasteiger partial charge in [-0.3, -0.25) is 9.59 Å². The summed E-state index contributed by atoms with van der Waals surface area (Å²) in [4.78, 5) is 23.5. The monoisotopic (exact) mass is 437 g/mol. The second-order valence-corrected chi connectivity index (χ2v) is 6.32. The summed E-state index contributed by atoms with van der Waals surface area (Å²) in [6, 6.07) is 14.6. The van der Waals surface area contributed by atoms with E-state index in [1.807, 2.05) is 30.3 Å². The summed E-state index contributed by atoms with van der Waals surface area (Å²) in [6.07, 6.45) is 1.20. The molecule has 0 aliphatic rings. The average molecular weight is 439 g/mol. The average Bonchev–Trinajstić information content (AvgIpc) is 2.49. The maximum Gasteiger partial charge on any atom is 0.249 e. The number of rotatable bonds is 5. The van der Waals surface area contributed by atoms with Gasteiger partial charge in [0, 0.05) is 8.95 Å². The first-order valence-corrected chi connectivity index (χ1v) is 8.25. The van der Waals surface area contributed by atoms with E-state index in [0.29, 0.717) is 5.69 Å². The highest BCUT2D eigenvalue weighted by atomic mass is 79.9. The first kappa shape index (κ1) is 17.4. The van der Waals surface area contributed by atoms with Crippen LogP contribution in [-0.2, 0) is 9.59 Å². The van der Waals surface area contributed by atoms with Gasteiger partial charge in [0.05, 0.1) is 11.9 Å². The topological polar surface area (TPSA) is 70.6 Å². The molecule has 2 N–H and O–H groups in total. The second kappa shape index (κ2) is 8.59. The fraction of sp³-hybridized carbons (Fsp3) is 0.0625. The summed E-state index contributed by atoms with van der Waals surface area (Å²) < 4.78 is 1.67. The molecule has 0 fully saturated rings. The standard InChI is InChI=1S/C16H13Br2N3O2/c17-12-5-3-4-11(8-12)10-19-21-16(23)9-15(22)20-14-7-2-1-6-13(14)18/h1-8,10H,9H2,(H,20,22)(H,21,23). The molecule has 0 saturated heterocycles. The first-order chi connectivity index (χ1) is 11.0. The smallest absolute Gasteiger partial charge is 0.249 e. The fourth-order valence-corrected chi connectivity index (χ4v) is 2.51. The zero-order valence-corrected chi connectivity index (χ0v) is 15.1. The Kier molecular flexibility index (Phi) is 6.49. The van der Waals surface area contributed by atoms with E-state index in [1.54, 1.807) is 18.2 Å². The number of nitrogens with zero attached hydrogens (tertiary/aromatic N) is 1. The Balaban J connectivity index is 1.82. The number of para-hydroxylation sites is 1. The predicted molar refractivity (Wildman–Crippen MR) is 97.3 cm³/mol. The molecule has 2 aromatic carbocycles. The molecule has 0 aliphatic carbocycles. The molecule has 0 radical (unpaired) electrons. The van der Waals surface area contributed by atoms with Crippen LogP contribution in [0.1, 0.15) is 12.0 Å². The van der Waals surface area contributed by atoms with Crippen molar-refractivity contribution in [1.29, 1.82) is 0 Å². The molecule has 0 unspecified atom stereocenters. The number of anilines is 1. The molecule has 0 bridgehead atoms. The summed E-state index contributed by atoms with van der Waals surface area (Å²) in [5.41, 5.74) is 3.77. The van der Waals surface area contributed by atoms with E-state index in [-0.39, 0.29) is 6.42 Å². The van der Waals surface area contributed by atoms with Crippen molar-refractivity contribution in [3.05, 3.63) is 63.0 Å². The zero-order valence-electron chi connectivity index (χ0n) is 11.9. The molecule has 2 rings (SSSR count). The normalized spacial score (nSPS) is 10.5. The van der Waals surface area contributed by atoms with E-state index in [1.165, 1.54) is 6.21 Å². The van der Waals surface area contributed by atoms with Gasteiger partial charge in [0.25, 0.3) is 0 Å². The van der Waals surface area contributed by atoms with Crippen LogP contribution in [0.2, 0.25) is 0 Å². The van der Waals surface area contributed by atoms with Gasteiger partial charge < -0.3 is 5.32 Å². The zero-order chi connectivity index (χ0) is 16.7. The van der Waals surface area contributed by atoms with Gasteiger partial charge in [0.15, 0.2) is 0 Å². The highest BCUT2D eigenvalue weighted by molar-refractivity contribution is 9.10. The number of carbonyl (C=O) groups is 2. The van der Waals surface area contributed by atoms with E-state index in [0.717, 1.165) is 14.5 Å². The molecule has 2 aromatic rings. The highest BCUT2D eigenvalue weighted by Gasteiger charge is 2.10. The van der Waals surface area contributed by atoms with Crippen LogP contribution in [0.4, 0.5) is 5.69 Å². The van der Waals surface area contributed by atoms with Crippen LogP contribution in [0.15, 0.2) is 62.6 Å². The lowest BCUT2D eigenvalue weighted by Crippen LogP contribution is -2.24. The van der Waals surface area contributed by atoms with Crippen molar-refractivity contribution in [1.82, 2.24) is 5.43 Å². The molecule has 0 aliphatic heterocycles. The molecule has 5 nitrogen and oxygen atoms in total. The van der Waals surface area contributed by atoms with Crippen molar-refractivity contribution in [2.45, 2.75) is 6.42 Å². The Morgan fingerprint density at radius 3 is 2.57 bits per heavy atom. The number of benzene rings is 2. The SMILES string of the molecule is O=C(CC(=O)Nc1ccccc1Br)NN=Cc1cccc(Br)c1. The summed E-state index contributed by atoms with van der Waals surface area (Å²) in [5, 5.41) is 6.48. The minimum Gasteiger partial charge on any atom is -0.325 e. The molecule has 0 aromatic heterocycles. The number of amides is 2. The largest absolute Gasteiger partial charge is 0.325 e. The van der Waals surface area contributed by atoms with Crippen LogP contribution < -0.4 is 10.7 Å². The van der Waals surface area contributed by atoms with Crippen LogP contribution in [0, 0.1) is 0 Å². The van der Waals surface area contributed by atoms with Crippen LogP contribution in [0.3, 0.4) is 0 Å². The quantitative estimate of drug-likeness (QED) is 0.424. The molecule has 118 valence electrons. The van der Waals surface area contributed by atoms with Crippen molar-refractivity contribution in [2.24, 2.45) is 5.10 Å². The molecular formula is C16H13Br2N3O2. The summed E-state index contributed by atoms with van der Waals surface area (Å²) in [7, 11) is 0. The Hall–Kier alpha value is -1.99. The predicted octanol–water partition coefficient (Wildman–Crippen LogP) is 3.69. The lowest BCUT2D eigenvalue weighted by atomic mass is 10.2. The van der Waals surface area contributed by atoms with Gasteiger partial charge in [-0.2, -0.15) is 5.10 Å². The molecule has 23 heavy (non-hydrogen) atoms. The third kappa shape index (κ3) is 5.96. The maximum atomic E-state index is 11.8. The second-order valence-electron chi connectivity index (χ2n) is 4.55. The molecule has 2 amide bonds. The lowest BCUT2D eigenvalue weighted by molar-refractivity contribution is -0.126. The Morgan fingerprint density at radius 1 is 1.04 bits per heavy atom. The number of hydrazone groups is 1. The molecule has 0 atom stereocenters. The fourth-order valence-electron chi connectivity index (χ4n) is 1.71. The van der Waals surface area contributed by atoms with Gasteiger partial charge >= 0.3 is 0 Å². The molecule has 0 spiro atoms. The summed E-state index contributed by atoms with van der Waals surface area (Å²) in [6.45, 7) is 0. The van der Waals surface area contributed by atoms with E-state index >= 15 is 0 Å². The van der Waals surface area contributed by atoms with Gasteiger partial charge in [-0.1, -0.05) is 40.2 Å². The number of carbonyl (C=O) groups excluding carboxylic acids is 2. The maximum absolute atomic E-state index is 11.8. The number of hydrogen-bond acceptors (Lipinski definition) is 3. The van der Waals surface area contributed by atoms with Gasteiger partial charge in [-0.15, -0.1) is 0 Å². The molecular weight excluding hydrogens is 426 g/mol. The van der Waals surface area contributed by atoms with E-state index in [4.69, 9.17) is 0 Å². The van der Waals surface area contributed by atoms with E-state index in [2.05, 4.69) is 47.7 Å². The summed E-state index contributed by atoms with van der Waals surface area (Å²) in [5.74, 6) is -0.896. The van der Waals surface area contributed by atoms with Crippen molar-refractivity contribution in [3.63, 3.8) is 0 Å². The Labute approximate surface area is 150 Å². The molecule has 0 heterocycles. The van der Waals surface area contributed by atoms with Gasteiger partial charge in [0.2, 0.25) is 11.8 Å². The van der Waals surface area contributed by atoms with Crippen LogP contribution >= 0.6 is 31.9 Å². The van der Waals surface area contributed by atoms with Crippen molar-refractivity contribution < 1.29 is 9.59 Å². The molecule has 0 saturated carbocycles. The highest BCUT2D eigenvalue weighted by Crippen LogP contribution is 2.21.